The van der Waals surface area contributed by atoms with Crippen molar-refractivity contribution in [3.63, 3.8) is 0 Å². The molecule has 24 heavy (non-hydrogen) atoms. The molecule has 6 heteroatoms. The van der Waals surface area contributed by atoms with Crippen LogP contribution < -0.4 is 10.2 Å². The largest absolute Gasteiger partial charge is 0.366 e. The van der Waals surface area contributed by atoms with E-state index in [1.54, 1.807) is 0 Å². The zero-order valence-electron chi connectivity index (χ0n) is 14.5. The molecule has 0 bridgehead atoms. The van der Waals surface area contributed by atoms with Gasteiger partial charge in [-0.05, 0) is 32.9 Å². The molecule has 2 aromatic rings. The fourth-order valence-corrected chi connectivity index (χ4v) is 3.30. The van der Waals surface area contributed by atoms with Gasteiger partial charge in [0.15, 0.2) is 0 Å². The lowest BCUT2D eigenvalue weighted by Crippen LogP contribution is -2.53. The normalized spacial score (nSPS) is 18.6. The van der Waals surface area contributed by atoms with Gasteiger partial charge in [-0.15, -0.1) is 0 Å². The molecule has 1 aromatic carbocycles. The molecule has 0 saturated carbocycles. The highest BCUT2D eigenvalue weighted by molar-refractivity contribution is 5.93. The topological polar surface area (TPSA) is 64.3 Å². The highest BCUT2D eigenvalue weighted by Gasteiger charge is 2.25. The van der Waals surface area contributed by atoms with Gasteiger partial charge in [-0.1, -0.05) is 18.2 Å². The maximum absolute atomic E-state index is 12.3. The van der Waals surface area contributed by atoms with Crippen LogP contribution in [0, 0.1) is 13.8 Å². The number of aromatic amines is 1. The number of benzene rings is 1. The molecule has 1 saturated heterocycles. The summed E-state index contributed by atoms with van der Waals surface area (Å²) >= 11 is 0. The summed E-state index contributed by atoms with van der Waals surface area (Å²) in [6.07, 6.45) is 0. The SMILES string of the molecule is Cc1n[nH]c(C)c1NC(=O)CN1CCN(c2ccccc2)[C@@H](C)C1. The summed E-state index contributed by atoms with van der Waals surface area (Å²) in [5, 5.41) is 9.98. The smallest absolute Gasteiger partial charge is 0.238 e. The molecule has 1 amide bonds. The zero-order chi connectivity index (χ0) is 17.1. The van der Waals surface area contributed by atoms with E-state index in [0.717, 1.165) is 36.7 Å². The van der Waals surface area contributed by atoms with Crippen molar-refractivity contribution in [1.82, 2.24) is 15.1 Å². The number of amides is 1. The van der Waals surface area contributed by atoms with Crippen molar-refractivity contribution in [2.24, 2.45) is 0 Å². The molecule has 0 radical (unpaired) electrons. The number of nitrogens with one attached hydrogen (secondary N) is 2. The second kappa shape index (κ2) is 7.05. The van der Waals surface area contributed by atoms with Gasteiger partial charge in [-0.25, -0.2) is 0 Å². The van der Waals surface area contributed by atoms with Gasteiger partial charge in [0, 0.05) is 31.4 Å². The van der Waals surface area contributed by atoms with Gasteiger partial charge in [0.1, 0.15) is 0 Å². The van der Waals surface area contributed by atoms with Crippen LogP contribution in [0.5, 0.6) is 0 Å². The number of carbonyl (C=O) groups excluding carboxylic acids is 1. The quantitative estimate of drug-likeness (QED) is 0.903. The molecule has 2 N–H and O–H groups in total. The number of aromatic nitrogens is 2. The predicted molar refractivity (Wildman–Crippen MR) is 96.4 cm³/mol. The van der Waals surface area contributed by atoms with E-state index in [0.29, 0.717) is 12.6 Å². The third-order valence-corrected chi connectivity index (χ3v) is 4.56. The monoisotopic (exact) mass is 327 g/mol. The average Bonchev–Trinajstić information content (AvgIpc) is 2.88. The second-order valence-electron chi connectivity index (χ2n) is 6.47. The Bertz CT molecular complexity index is 677. The van der Waals surface area contributed by atoms with Crippen LogP contribution in [-0.4, -0.2) is 53.2 Å². The molecule has 1 aliphatic heterocycles. The lowest BCUT2D eigenvalue weighted by atomic mass is 10.1. The summed E-state index contributed by atoms with van der Waals surface area (Å²) in [7, 11) is 0. The molecule has 1 aromatic heterocycles. The van der Waals surface area contributed by atoms with Crippen LogP contribution in [0.4, 0.5) is 11.4 Å². The van der Waals surface area contributed by atoms with Gasteiger partial charge in [0.2, 0.25) is 5.91 Å². The van der Waals surface area contributed by atoms with Gasteiger partial charge < -0.3 is 10.2 Å². The van der Waals surface area contributed by atoms with E-state index in [9.17, 15) is 4.79 Å². The minimum atomic E-state index is 0.0166. The van der Waals surface area contributed by atoms with Crippen molar-refractivity contribution in [1.29, 1.82) is 0 Å². The fraction of sp³-hybridized carbons (Fsp3) is 0.444. The number of hydrogen-bond donors (Lipinski definition) is 2. The van der Waals surface area contributed by atoms with Crippen LogP contribution >= 0.6 is 0 Å². The third-order valence-electron chi connectivity index (χ3n) is 4.56. The summed E-state index contributed by atoms with van der Waals surface area (Å²) in [6.45, 7) is 9.12. The standard InChI is InChI=1S/C18H25N5O/c1-13-11-22(9-10-23(13)16-7-5-4-6-8-16)12-17(24)19-18-14(2)20-21-15(18)3/h4-8,13H,9-12H2,1-3H3,(H,19,24)(H,20,21)/t13-/m0/s1. The van der Waals surface area contributed by atoms with Gasteiger partial charge in [-0.2, -0.15) is 5.10 Å². The summed E-state index contributed by atoms with van der Waals surface area (Å²) in [4.78, 5) is 16.9. The molecule has 6 nitrogen and oxygen atoms in total. The van der Waals surface area contributed by atoms with Crippen molar-refractivity contribution in [2.45, 2.75) is 26.8 Å². The second-order valence-corrected chi connectivity index (χ2v) is 6.47. The molecule has 0 unspecified atom stereocenters. The Balaban J connectivity index is 1.55. The first-order valence-corrected chi connectivity index (χ1v) is 8.40. The van der Waals surface area contributed by atoms with Crippen LogP contribution in [0.1, 0.15) is 18.3 Å². The summed E-state index contributed by atoms with van der Waals surface area (Å²) < 4.78 is 0. The number of H-pyrrole nitrogens is 1. The van der Waals surface area contributed by atoms with Crippen LogP contribution in [0.3, 0.4) is 0 Å². The Morgan fingerprint density at radius 2 is 2.04 bits per heavy atom. The Morgan fingerprint density at radius 3 is 2.67 bits per heavy atom. The lowest BCUT2D eigenvalue weighted by molar-refractivity contribution is -0.117. The van der Waals surface area contributed by atoms with E-state index in [2.05, 4.69) is 56.5 Å². The number of aryl methyl sites for hydroxylation is 2. The third kappa shape index (κ3) is 3.59. The van der Waals surface area contributed by atoms with Gasteiger partial charge in [-0.3, -0.25) is 14.8 Å². The van der Waals surface area contributed by atoms with Gasteiger partial charge in [0.25, 0.3) is 0 Å². The van der Waals surface area contributed by atoms with Gasteiger partial charge in [0.05, 0.1) is 23.6 Å². The van der Waals surface area contributed by atoms with Gasteiger partial charge >= 0.3 is 0 Å². The Hall–Kier alpha value is -2.34. The molecule has 1 aliphatic rings. The molecule has 0 aliphatic carbocycles. The maximum atomic E-state index is 12.3. The van der Waals surface area contributed by atoms with Crippen molar-refractivity contribution < 1.29 is 4.79 Å². The highest BCUT2D eigenvalue weighted by Crippen LogP contribution is 2.20. The zero-order valence-corrected chi connectivity index (χ0v) is 14.5. The van der Waals surface area contributed by atoms with E-state index in [1.807, 2.05) is 19.9 Å². The lowest BCUT2D eigenvalue weighted by Gasteiger charge is -2.41. The van der Waals surface area contributed by atoms with E-state index in [-0.39, 0.29) is 5.91 Å². The molecule has 3 rings (SSSR count). The van der Waals surface area contributed by atoms with Crippen LogP contribution in [0.2, 0.25) is 0 Å². The molecular formula is C18H25N5O. The molecule has 1 atom stereocenters. The Kier molecular flexibility index (Phi) is 4.85. The number of carbonyl (C=O) groups is 1. The average molecular weight is 327 g/mol. The van der Waals surface area contributed by atoms with E-state index in [1.165, 1.54) is 5.69 Å². The number of nitrogens with zero attached hydrogens (tertiary/aromatic N) is 3. The first-order valence-electron chi connectivity index (χ1n) is 8.40. The fourth-order valence-electron chi connectivity index (χ4n) is 3.30. The number of anilines is 2. The Morgan fingerprint density at radius 1 is 1.29 bits per heavy atom. The molecule has 0 spiro atoms. The van der Waals surface area contributed by atoms with Crippen LogP contribution in [0.15, 0.2) is 30.3 Å². The van der Waals surface area contributed by atoms with Crippen molar-refractivity contribution in [3.05, 3.63) is 41.7 Å². The number of piperazine rings is 1. The Labute approximate surface area is 142 Å². The maximum Gasteiger partial charge on any atom is 0.238 e. The summed E-state index contributed by atoms with van der Waals surface area (Å²) in [5.41, 5.74) is 3.76. The van der Waals surface area contributed by atoms with Crippen LogP contribution in [-0.2, 0) is 4.79 Å². The molecule has 1 fully saturated rings. The summed E-state index contributed by atoms with van der Waals surface area (Å²) in [5.74, 6) is 0.0166. The van der Waals surface area contributed by atoms with E-state index in [4.69, 9.17) is 0 Å². The van der Waals surface area contributed by atoms with E-state index < -0.39 is 0 Å². The van der Waals surface area contributed by atoms with Crippen molar-refractivity contribution in [2.75, 3.05) is 36.4 Å². The van der Waals surface area contributed by atoms with Crippen molar-refractivity contribution in [3.8, 4) is 0 Å². The molecule has 2 heterocycles. The first kappa shape index (κ1) is 16.5. The summed E-state index contributed by atoms with van der Waals surface area (Å²) in [6, 6.07) is 10.8. The first-order chi connectivity index (χ1) is 11.5. The van der Waals surface area contributed by atoms with E-state index >= 15 is 0 Å². The number of para-hydroxylation sites is 1. The molecular weight excluding hydrogens is 302 g/mol. The molecule has 128 valence electrons. The highest BCUT2D eigenvalue weighted by atomic mass is 16.2. The predicted octanol–water partition coefficient (Wildman–Crippen LogP) is 2.18. The minimum absolute atomic E-state index is 0.0166. The number of hydrogen-bond acceptors (Lipinski definition) is 4. The minimum Gasteiger partial charge on any atom is -0.366 e. The van der Waals surface area contributed by atoms with Crippen LogP contribution in [0.25, 0.3) is 0 Å². The van der Waals surface area contributed by atoms with Crippen molar-refractivity contribution >= 4 is 17.3 Å². The number of rotatable bonds is 4.